The highest BCUT2D eigenvalue weighted by atomic mass is 32.2. The third-order valence-electron chi connectivity index (χ3n) is 3.97. The second-order valence-electron chi connectivity index (χ2n) is 5.93. The third-order valence-corrected chi connectivity index (χ3v) is 6.09. The Kier molecular flexibility index (Phi) is 6.73. The van der Waals surface area contributed by atoms with E-state index in [9.17, 15) is 8.42 Å². The number of hydrogen-bond acceptors (Lipinski definition) is 9. The average molecular weight is 437 g/mol. The molecule has 3 aromatic rings. The maximum absolute atomic E-state index is 12.8. The van der Waals surface area contributed by atoms with Crippen molar-refractivity contribution in [3.8, 4) is 22.5 Å². The van der Waals surface area contributed by atoms with Crippen LogP contribution >= 0.6 is 0 Å². The van der Waals surface area contributed by atoms with E-state index in [0.717, 1.165) is 0 Å². The van der Waals surface area contributed by atoms with E-state index in [1.807, 2.05) is 0 Å². The first-order valence-corrected chi connectivity index (χ1v) is 10.7. The van der Waals surface area contributed by atoms with E-state index in [4.69, 9.17) is 22.3 Å². The van der Waals surface area contributed by atoms with Gasteiger partial charge in [-0.05, 0) is 29.0 Å². The number of hydrogen-bond donors (Lipinski definition) is 6. The van der Waals surface area contributed by atoms with Gasteiger partial charge in [-0.3, -0.25) is 0 Å². The zero-order valence-corrected chi connectivity index (χ0v) is 16.7. The fourth-order valence-corrected chi connectivity index (χ4v) is 4.67. The van der Waals surface area contributed by atoms with Crippen molar-refractivity contribution in [3.05, 3.63) is 30.5 Å². The molecular formula is C15H20N10O2S2. The lowest BCUT2D eigenvalue weighted by Gasteiger charge is -2.16. The number of pyridine rings is 1. The molecule has 0 aliphatic rings. The van der Waals surface area contributed by atoms with Crippen LogP contribution in [0.1, 0.15) is 0 Å². The molecule has 12 nitrogen and oxygen atoms in total. The lowest BCUT2D eigenvalue weighted by Crippen LogP contribution is -2.40. The summed E-state index contributed by atoms with van der Waals surface area (Å²) in [7, 11) is -3.78. The topological polar surface area (TPSA) is 218 Å². The Labute approximate surface area is 171 Å². The Balaban J connectivity index is 2.17. The Morgan fingerprint density at radius 3 is 2.59 bits per heavy atom. The van der Waals surface area contributed by atoms with Gasteiger partial charge in [-0.15, -0.1) is 10.2 Å². The normalized spacial score (nSPS) is 14.4. The van der Waals surface area contributed by atoms with Crippen LogP contribution in [0.3, 0.4) is 0 Å². The average Bonchev–Trinajstić information content (AvgIpc) is 3.25. The molecule has 14 heteroatoms. The van der Waals surface area contributed by atoms with Gasteiger partial charge in [-0.25, -0.2) is 23.3 Å². The maximum atomic E-state index is 12.8. The maximum Gasteiger partial charge on any atom is 0.206 e. The highest BCUT2D eigenvalue weighted by Gasteiger charge is 2.25. The molecule has 0 saturated heterocycles. The molecule has 0 amide bonds. The summed E-state index contributed by atoms with van der Waals surface area (Å²) in [5.74, 6) is 0.485. The van der Waals surface area contributed by atoms with E-state index in [0.29, 0.717) is 22.5 Å². The van der Waals surface area contributed by atoms with Gasteiger partial charge < -0.3 is 17.2 Å². The van der Waals surface area contributed by atoms with E-state index in [1.54, 1.807) is 30.5 Å². The standard InChI is InChI=1S/C15H20N10O2S2/c16-5-9(17)7-21-29(27)11-3-2-10(8-1-4-12(18)20-6-8)13(14(11)28(19)26)15-22-24-25-23-15/h1-4,6,9,21H,5,7,16-17,19H2,(H2,18,20)(H,22,23,24,25). The molecule has 10 N–H and O–H groups in total. The van der Waals surface area contributed by atoms with Crippen LogP contribution in [0, 0.1) is 0 Å². The van der Waals surface area contributed by atoms with Crippen molar-refractivity contribution in [2.75, 3.05) is 18.8 Å². The molecule has 3 rings (SSSR count). The van der Waals surface area contributed by atoms with Crippen molar-refractivity contribution < 1.29 is 8.42 Å². The number of rotatable bonds is 8. The second kappa shape index (κ2) is 9.25. The minimum Gasteiger partial charge on any atom is -0.384 e. The zero-order valence-electron chi connectivity index (χ0n) is 15.1. The summed E-state index contributed by atoms with van der Waals surface area (Å²) in [6.07, 6.45) is 1.55. The van der Waals surface area contributed by atoms with Gasteiger partial charge >= 0.3 is 0 Å². The van der Waals surface area contributed by atoms with E-state index in [-0.39, 0.29) is 34.7 Å². The van der Waals surface area contributed by atoms with Crippen molar-refractivity contribution in [1.29, 1.82) is 0 Å². The van der Waals surface area contributed by atoms with Crippen LogP contribution in [0.5, 0.6) is 0 Å². The fourth-order valence-electron chi connectivity index (χ4n) is 2.55. The van der Waals surface area contributed by atoms with Crippen molar-refractivity contribution in [1.82, 2.24) is 30.3 Å². The number of nitrogens with two attached hydrogens (primary N) is 4. The van der Waals surface area contributed by atoms with Crippen molar-refractivity contribution >= 4 is 27.8 Å². The van der Waals surface area contributed by atoms with Crippen LogP contribution in [-0.2, 0) is 22.0 Å². The number of nitrogen functional groups attached to an aromatic ring is 1. The van der Waals surface area contributed by atoms with Crippen LogP contribution in [-0.4, -0.2) is 53.2 Å². The zero-order chi connectivity index (χ0) is 21.0. The van der Waals surface area contributed by atoms with Gasteiger partial charge in [0.25, 0.3) is 0 Å². The summed E-state index contributed by atoms with van der Waals surface area (Å²) in [5, 5.41) is 19.6. The quantitative estimate of drug-likeness (QED) is 0.239. The molecular weight excluding hydrogens is 416 g/mol. The molecule has 154 valence electrons. The molecule has 2 aromatic heterocycles. The van der Waals surface area contributed by atoms with Gasteiger partial charge in [0, 0.05) is 36.5 Å². The van der Waals surface area contributed by atoms with E-state index in [1.165, 1.54) is 0 Å². The summed E-state index contributed by atoms with van der Waals surface area (Å²) in [6, 6.07) is 6.22. The van der Waals surface area contributed by atoms with Gasteiger partial charge in [0.2, 0.25) is 5.82 Å². The summed E-state index contributed by atoms with van der Waals surface area (Å²) in [5.41, 5.74) is 18.5. The molecule has 0 aliphatic heterocycles. The van der Waals surface area contributed by atoms with Crippen LogP contribution in [0.2, 0.25) is 0 Å². The van der Waals surface area contributed by atoms with Crippen molar-refractivity contribution in [3.63, 3.8) is 0 Å². The van der Waals surface area contributed by atoms with Crippen LogP contribution in [0.15, 0.2) is 40.3 Å². The molecule has 0 radical (unpaired) electrons. The Morgan fingerprint density at radius 2 is 2.00 bits per heavy atom. The summed E-state index contributed by atoms with van der Waals surface area (Å²) in [6.45, 7) is 0.415. The van der Waals surface area contributed by atoms with E-state index >= 15 is 0 Å². The molecule has 2 heterocycles. The fraction of sp³-hybridized carbons (Fsp3) is 0.200. The lowest BCUT2D eigenvalue weighted by atomic mass is 10.0. The molecule has 29 heavy (non-hydrogen) atoms. The number of aromatic nitrogens is 5. The minimum atomic E-state index is -2.02. The molecule has 3 unspecified atom stereocenters. The van der Waals surface area contributed by atoms with Gasteiger partial charge in [0.1, 0.15) is 27.8 Å². The first-order valence-electron chi connectivity index (χ1n) is 8.32. The molecule has 1 aromatic carbocycles. The number of tetrazole rings is 1. The predicted molar refractivity (Wildman–Crippen MR) is 109 cm³/mol. The van der Waals surface area contributed by atoms with Crippen LogP contribution in [0.25, 0.3) is 22.5 Å². The summed E-state index contributed by atoms with van der Waals surface area (Å²) in [4.78, 5) is 4.39. The Bertz CT molecular complexity index is 1030. The summed E-state index contributed by atoms with van der Waals surface area (Å²) < 4.78 is 28.1. The SMILES string of the molecule is NCC(N)CNS(=O)c1ccc(-c2ccc(N)nc2)c(-c2nn[nH]n2)c1S(N)=O. The number of aromatic amines is 1. The molecule has 0 fully saturated rings. The highest BCUT2D eigenvalue weighted by Crippen LogP contribution is 2.37. The van der Waals surface area contributed by atoms with Gasteiger partial charge in [-0.1, -0.05) is 6.07 Å². The summed E-state index contributed by atoms with van der Waals surface area (Å²) >= 11 is 0. The predicted octanol–water partition coefficient (Wildman–Crippen LogP) is -1.61. The number of benzene rings is 1. The number of nitrogens with zero attached hydrogens (tertiary/aromatic N) is 4. The van der Waals surface area contributed by atoms with Gasteiger partial charge in [0.05, 0.1) is 9.79 Å². The van der Waals surface area contributed by atoms with Crippen LogP contribution < -0.4 is 27.1 Å². The lowest BCUT2D eigenvalue weighted by molar-refractivity contribution is 0.636. The van der Waals surface area contributed by atoms with E-state index < -0.39 is 22.0 Å². The van der Waals surface area contributed by atoms with Gasteiger partial charge in [0.15, 0.2) is 0 Å². The molecule has 0 aliphatic carbocycles. The molecule has 0 bridgehead atoms. The van der Waals surface area contributed by atoms with Gasteiger partial charge in [-0.2, -0.15) is 5.21 Å². The van der Waals surface area contributed by atoms with E-state index in [2.05, 4.69) is 30.3 Å². The number of H-pyrrole nitrogens is 1. The first-order chi connectivity index (χ1) is 13.9. The number of nitrogens with one attached hydrogen (secondary N) is 2. The van der Waals surface area contributed by atoms with Crippen LogP contribution in [0.4, 0.5) is 5.82 Å². The highest BCUT2D eigenvalue weighted by molar-refractivity contribution is 7.86. The van der Waals surface area contributed by atoms with Crippen molar-refractivity contribution in [2.24, 2.45) is 16.6 Å². The molecule has 3 atom stereocenters. The largest absolute Gasteiger partial charge is 0.384 e. The second-order valence-corrected chi connectivity index (χ2v) is 8.20. The smallest absolute Gasteiger partial charge is 0.206 e. The number of anilines is 1. The Morgan fingerprint density at radius 1 is 1.21 bits per heavy atom. The molecule has 0 spiro atoms. The third kappa shape index (κ3) is 4.69. The monoisotopic (exact) mass is 436 g/mol. The van der Waals surface area contributed by atoms with Crippen molar-refractivity contribution in [2.45, 2.75) is 15.8 Å². The molecule has 0 saturated carbocycles. The minimum absolute atomic E-state index is 0.105. The first kappa shape index (κ1) is 21.1. The Hall–Kier alpha value is -2.62.